The molecule has 0 aromatic heterocycles. The van der Waals surface area contributed by atoms with Crippen molar-refractivity contribution in [1.82, 2.24) is 5.32 Å². The number of nitrogens with one attached hydrogen (secondary N) is 1. The molecule has 1 aliphatic rings. The van der Waals surface area contributed by atoms with E-state index < -0.39 is 14.2 Å². The number of benzene rings is 2. The average molecular weight is 527 g/mol. The summed E-state index contributed by atoms with van der Waals surface area (Å²) in [6.07, 6.45) is -0.279. The van der Waals surface area contributed by atoms with Gasteiger partial charge in [0.1, 0.15) is 0 Å². The zero-order valence-corrected chi connectivity index (χ0v) is 24.3. The van der Waals surface area contributed by atoms with Crippen molar-refractivity contribution in [1.29, 1.82) is 0 Å². The van der Waals surface area contributed by atoms with Crippen LogP contribution in [0, 0.1) is 11.8 Å². The highest BCUT2D eigenvalue weighted by Crippen LogP contribution is 2.40. The molecular weight excluding hydrogens is 488 g/mol. The Kier molecular flexibility index (Phi) is 8.53. The summed E-state index contributed by atoms with van der Waals surface area (Å²) in [5.41, 5.74) is 1.25. The van der Waals surface area contributed by atoms with Gasteiger partial charge in [0.25, 0.3) is 5.91 Å². The molecule has 8 heteroatoms. The number of para-hydroxylation sites is 1. The zero-order valence-electron chi connectivity index (χ0n) is 22.5. The van der Waals surface area contributed by atoms with E-state index in [9.17, 15) is 14.4 Å². The van der Waals surface area contributed by atoms with Crippen LogP contribution in [0.15, 0.2) is 59.5 Å². The summed E-state index contributed by atoms with van der Waals surface area (Å²) in [5, 5.41) is 2.86. The molecule has 2 aromatic carbocycles. The Morgan fingerprint density at radius 3 is 2.19 bits per heavy atom. The molecule has 1 N–H and O–H groups in total. The lowest BCUT2D eigenvalue weighted by molar-refractivity contribution is -0.143. The first-order valence-corrected chi connectivity index (χ1v) is 16.1. The Balaban J connectivity index is 1.73. The van der Waals surface area contributed by atoms with Gasteiger partial charge in [-0.3, -0.25) is 14.4 Å². The minimum atomic E-state index is -2.07. The first-order valence-electron chi connectivity index (χ1n) is 12.4. The molecular formula is C28H38N2O4SSi. The Morgan fingerprint density at radius 2 is 1.61 bits per heavy atom. The molecule has 1 saturated heterocycles. The minimum Gasteiger partial charge on any atom is -0.413 e. The van der Waals surface area contributed by atoms with Gasteiger partial charge in [-0.1, -0.05) is 69.8 Å². The molecule has 194 valence electrons. The molecule has 0 radical (unpaired) electrons. The highest BCUT2D eigenvalue weighted by Gasteiger charge is 2.50. The molecule has 1 aliphatic heterocycles. The van der Waals surface area contributed by atoms with Gasteiger partial charge in [-0.05, 0) is 49.3 Å². The van der Waals surface area contributed by atoms with E-state index >= 15 is 0 Å². The Hall–Kier alpha value is -2.42. The van der Waals surface area contributed by atoms with Crippen LogP contribution in [-0.2, 0) is 14.0 Å². The predicted octanol–water partition coefficient (Wildman–Crippen LogP) is 5.74. The van der Waals surface area contributed by atoms with Crippen molar-refractivity contribution in [3.8, 4) is 0 Å². The quantitative estimate of drug-likeness (QED) is 0.270. The normalized spacial score (nSPS) is 19.6. The van der Waals surface area contributed by atoms with E-state index in [1.807, 2.05) is 50.2 Å². The third-order valence-corrected chi connectivity index (χ3v) is 13.2. The SMILES string of the molecule is CC(C(=O)Sc1ccccc1C(=O)N(C)c1ccccc1)[C@H]1NC(=O)[C@@H]1C(C)O[Si](C)(C)C(C)(C)C. The second kappa shape index (κ2) is 10.9. The molecule has 2 aromatic rings. The third-order valence-electron chi connectivity index (χ3n) is 7.48. The van der Waals surface area contributed by atoms with Crippen LogP contribution in [0.25, 0.3) is 0 Å². The molecule has 2 unspecified atom stereocenters. The number of β-lactam (4-membered cyclic amide) rings is 1. The Labute approximate surface area is 220 Å². The number of amides is 2. The van der Waals surface area contributed by atoms with Crippen LogP contribution in [0.1, 0.15) is 45.0 Å². The molecule has 1 heterocycles. The Morgan fingerprint density at radius 1 is 1.03 bits per heavy atom. The van der Waals surface area contributed by atoms with Crippen LogP contribution in [-0.4, -0.2) is 44.4 Å². The van der Waals surface area contributed by atoms with Gasteiger partial charge in [-0.2, -0.15) is 0 Å². The van der Waals surface area contributed by atoms with Crippen molar-refractivity contribution >= 4 is 42.7 Å². The summed E-state index contributed by atoms with van der Waals surface area (Å²) < 4.78 is 6.48. The summed E-state index contributed by atoms with van der Waals surface area (Å²) >= 11 is 1.06. The van der Waals surface area contributed by atoms with Crippen molar-refractivity contribution < 1.29 is 18.8 Å². The number of anilines is 1. The monoisotopic (exact) mass is 526 g/mol. The number of carbonyl (C=O) groups is 3. The summed E-state index contributed by atoms with van der Waals surface area (Å²) in [5.74, 6) is -1.06. The second-order valence-corrected chi connectivity index (χ2v) is 16.9. The van der Waals surface area contributed by atoms with Crippen LogP contribution in [0.5, 0.6) is 0 Å². The van der Waals surface area contributed by atoms with Crippen molar-refractivity contribution in [3.63, 3.8) is 0 Å². The second-order valence-electron chi connectivity index (χ2n) is 11.0. The molecule has 2 amide bonds. The first kappa shape index (κ1) is 28.2. The van der Waals surface area contributed by atoms with Gasteiger partial charge in [0.05, 0.1) is 23.6 Å². The lowest BCUT2D eigenvalue weighted by atomic mass is 9.79. The fourth-order valence-corrected chi connectivity index (χ4v) is 6.49. The van der Waals surface area contributed by atoms with Gasteiger partial charge in [-0.15, -0.1) is 0 Å². The molecule has 3 rings (SSSR count). The van der Waals surface area contributed by atoms with Gasteiger partial charge >= 0.3 is 0 Å². The van der Waals surface area contributed by atoms with E-state index in [0.29, 0.717) is 10.5 Å². The predicted molar refractivity (Wildman–Crippen MR) is 149 cm³/mol. The maximum absolute atomic E-state index is 13.3. The number of thioether (sulfide) groups is 1. The number of rotatable bonds is 8. The summed E-state index contributed by atoms with van der Waals surface area (Å²) in [7, 11) is -0.342. The van der Waals surface area contributed by atoms with E-state index in [-0.39, 0.29) is 40.0 Å². The summed E-state index contributed by atoms with van der Waals surface area (Å²) in [4.78, 5) is 41.3. The van der Waals surface area contributed by atoms with Crippen LogP contribution in [0.3, 0.4) is 0 Å². The first-order chi connectivity index (χ1) is 16.7. The van der Waals surface area contributed by atoms with Crippen LogP contribution >= 0.6 is 11.8 Å². The highest BCUT2D eigenvalue weighted by atomic mass is 32.2. The van der Waals surface area contributed by atoms with Gasteiger partial charge in [0.15, 0.2) is 13.4 Å². The lowest BCUT2D eigenvalue weighted by Gasteiger charge is -2.46. The van der Waals surface area contributed by atoms with E-state index in [1.54, 1.807) is 30.1 Å². The highest BCUT2D eigenvalue weighted by molar-refractivity contribution is 8.13. The molecule has 1 fully saturated rings. The number of hydrogen-bond acceptors (Lipinski definition) is 5. The number of nitrogens with zero attached hydrogens (tertiary/aromatic N) is 1. The smallest absolute Gasteiger partial charge is 0.259 e. The number of carbonyl (C=O) groups excluding carboxylic acids is 3. The van der Waals surface area contributed by atoms with Crippen molar-refractivity contribution in [2.24, 2.45) is 11.8 Å². The molecule has 36 heavy (non-hydrogen) atoms. The average Bonchev–Trinajstić information content (AvgIpc) is 2.80. The zero-order chi connectivity index (χ0) is 26.8. The van der Waals surface area contributed by atoms with Gasteiger partial charge in [0, 0.05) is 23.5 Å². The van der Waals surface area contributed by atoms with E-state index in [0.717, 1.165) is 17.4 Å². The Bertz CT molecular complexity index is 1120. The molecule has 0 spiro atoms. The van der Waals surface area contributed by atoms with Crippen molar-refractivity contribution in [2.75, 3.05) is 11.9 Å². The maximum atomic E-state index is 13.3. The largest absolute Gasteiger partial charge is 0.413 e. The lowest BCUT2D eigenvalue weighted by Crippen LogP contribution is -2.66. The molecule has 0 bridgehead atoms. The standard InChI is InChI=1S/C28H38N2O4SSi/c1-18(24-23(25(31)29-24)19(2)34-36(7,8)28(3,4)5)27(33)35-22-17-13-12-16-21(22)26(32)30(6)20-14-10-9-11-15-20/h9-19,23-24H,1-8H3,(H,29,31)/t18?,19?,23-,24-/m1/s1. The van der Waals surface area contributed by atoms with Gasteiger partial charge in [0.2, 0.25) is 5.91 Å². The van der Waals surface area contributed by atoms with E-state index in [1.165, 1.54) is 0 Å². The fourth-order valence-electron chi connectivity index (χ4n) is 4.10. The summed E-state index contributed by atoms with van der Waals surface area (Å²) in [6.45, 7) is 14.6. The van der Waals surface area contributed by atoms with Crippen LogP contribution in [0.4, 0.5) is 5.69 Å². The molecule has 0 saturated carbocycles. The topological polar surface area (TPSA) is 75.7 Å². The summed E-state index contributed by atoms with van der Waals surface area (Å²) in [6, 6.07) is 16.2. The molecule has 6 nitrogen and oxygen atoms in total. The molecule has 4 atom stereocenters. The van der Waals surface area contributed by atoms with E-state index in [2.05, 4.69) is 39.2 Å². The van der Waals surface area contributed by atoms with Crippen molar-refractivity contribution in [3.05, 3.63) is 60.2 Å². The van der Waals surface area contributed by atoms with E-state index in [4.69, 9.17) is 4.43 Å². The number of hydrogen-bond donors (Lipinski definition) is 1. The fraction of sp³-hybridized carbons (Fsp3) is 0.464. The molecule has 0 aliphatic carbocycles. The van der Waals surface area contributed by atoms with Gasteiger partial charge < -0.3 is 14.6 Å². The third kappa shape index (κ3) is 5.93. The van der Waals surface area contributed by atoms with Crippen LogP contribution in [0.2, 0.25) is 18.1 Å². The maximum Gasteiger partial charge on any atom is 0.259 e. The minimum absolute atomic E-state index is 0.0252. The van der Waals surface area contributed by atoms with Crippen molar-refractivity contribution in [2.45, 2.75) is 69.8 Å². The van der Waals surface area contributed by atoms with Gasteiger partial charge in [-0.25, -0.2) is 0 Å². The van der Waals surface area contributed by atoms with Crippen LogP contribution < -0.4 is 10.2 Å².